The van der Waals surface area contributed by atoms with Crippen LogP contribution in [0.3, 0.4) is 0 Å². The molecule has 2 aromatic carbocycles. The average Bonchev–Trinajstić information content (AvgIpc) is 3.27. The highest BCUT2D eigenvalue weighted by molar-refractivity contribution is 5.86. The Balaban J connectivity index is 0.000000364. The van der Waals surface area contributed by atoms with Gasteiger partial charge < -0.3 is 19.6 Å². The van der Waals surface area contributed by atoms with Crippen LogP contribution in [-0.2, 0) is 11.3 Å². The number of piperidine rings is 1. The van der Waals surface area contributed by atoms with Gasteiger partial charge in [-0.05, 0) is 36.9 Å². The number of benzene rings is 2. The summed E-state index contributed by atoms with van der Waals surface area (Å²) in [6.07, 6.45) is -3.93. The average molecular weight is 492 g/mol. The van der Waals surface area contributed by atoms with Gasteiger partial charge in [-0.2, -0.15) is 13.2 Å². The zero-order valence-electron chi connectivity index (χ0n) is 19.3. The van der Waals surface area contributed by atoms with Gasteiger partial charge in [0, 0.05) is 55.7 Å². The lowest BCUT2D eigenvalue weighted by atomic mass is 9.65. The molecule has 1 aromatic heterocycles. The molecule has 3 heterocycles. The summed E-state index contributed by atoms with van der Waals surface area (Å²) < 4.78 is 37.4. The predicted molar refractivity (Wildman–Crippen MR) is 124 cm³/mol. The van der Waals surface area contributed by atoms with Crippen LogP contribution >= 0.6 is 0 Å². The van der Waals surface area contributed by atoms with Gasteiger partial charge >= 0.3 is 12.1 Å². The standard InChI is InChI=1S/C23H27N3O2.C2HF3O2/c1-25-15-23(16-25)8-9-26(12-20(23)14-27)13-21-11-22(28-24-21)19-7-6-17-4-2-3-5-18(17)10-19;3-2(4,5)1(6)7/h2-7,10-11,20,27H,8-9,12-16H2,1H3;(H,6,7). The number of carboxylic acids is 1. The number of halogens is 3. The molecule has 3 aromatic rings. The molecule has 2 N–H and O–H groups in total. The zero-order valence-corrected chi connectivity index (χ0v) is 19.3. The SMILES string of the molecule is CN1CC2(CCN(Cc3cc(-c4ccc5ccccc5c4)on3)CC2CO)C1.O=C(O)C(F)(F)F. The number of aromatic nitrogens is 1. The smallest absolute Gasteiger partial charge is 0.475 e. The third-order valence-electron chi connectivity index (χ3n) is 6.88. The van der Waals surface area contributed by atoms with E-state index in [1.807, 2.05) is 0 Å². The molecule has 1 unspecified atom stereocenters. The zero-order chi connectivity index (χ0) is 25.2. The number of carboxylic acid groups (broad SMARTS) is 1. The van der Waals surface area contributed by atoms with Crippen molar-refractivity contribution in [3.05, 3.63) is 54.2 Å². The maximum atomic E-state index is 10.6. The number of nitrogens with zero attached hydrogens (tertiary/aromatic N) is 3. The molecule has 2 fully saturated rings. The topological polar surface area (TPSA) is 90.0 Å². The third kappa shape index (κ3) is 5.66. The van der Waals surface area contributed by atoms with Crippen LogP contribution in [0.25, 0.3) is 22.1 Å². The molecule has 10 heteroatoms. The Hall–Kier alpha value is -2.95. The maximum Gasteiger partial charge on any atom is 0.490 e. The Bertz CT molecular complexity index is 1170. The summed E-state index contributed by atoms with van der Waals surface area (Å²) in [7, 11) is 2.16. The number of aliphatic hydroxyl groups is 1. The van der Waals surface area contributed by atoms with Gasteiger partial charge in [-0.3, -0.25) is 4.90 Å². The molecule has 35 heavy (non-hydrogen) atoms. The van der Waals surface area contributed by atoms with E-state index < -0.39 is 12.1 Å². The van der Waals surface area contributed by atoms with Gasteiger partial charge in [0.1, 0.15) is 0 Å². The molecule has 2 saturated heterocycles. The fourth-order valence-electron chi connectivity index (χ4n) is 5.12. The molecule has 2 aliphatic rings. The summed E-state index contributed by atoms with van der Waals surface area (Å²) in [6.45, 7) is 5.26. The highest BCUT2D eigenvalue weighted by atomic mass is 19.4. The minimum absolute atomic E-state index is 0.269. The minimum Gasteiger partial charge on any atom is -0.475 e. The fourth-order valence-corrected chi connectivity index (χ4v) is 5.12. The van der Waals surface area contributed by atoms with Crippen LogP contribution in [0.15, 0.2) is 53.1 Å². The molecule has 0 aliphatic carbocycles. The monoisotopic (exact) mass is 491 g/mol. The maximum absolute atomic E-state index is 10.6. The van der Waals surface area contributed by atoms with Crippen molar-refractivity contribution in [1.29, 1.82) is 0 Å². The second kappa shape index (κ2) is 9.96. The number of carbonyl (C=O) groups is 1. The Morgan fingerprint density at radius 1 is 1.17 bits per heavy atom. The number of alkyl halides is 3. The van der Waals surface area contributed by atoms with E-state index in [0.29, 0.717) is 11.3 Å². The van der Waals surface area contributed by atoms with E-state index in [1.54, 1.807) is 0 Å². The summed E-state index contributed by atoms with van der Waals surface area (Å²) in [5.74, 6) is -1.59. The first-order valence-electron chi connectivity index (χ1n) is 11.4. The van der Waals surface area contributed by atoms with Gasteiger partial charge in [0.05, 0.1) is 5.69 Å². The Labute approximate surface area is 200 Å². The first-order chi connectivity index (χ1) is 16.6. The van der Waals surface area contributed by atoms with E-state index in [2.05, 4.69) is 70.5 Å². The van der Waals surface area contributed by atoms with Crippen LogP contribution < -0.4 is 0 Å². The van der Waals surface area contributed by atoms with Gasteiger partial charge in [-0.15, -0.1) is 0 Å². The van der Waals surface area contributed by atoms with Crippen molar-refractivity contribution in [3.8, 4) is 11.3 Å². The van der Waals surface area contributed by atoms with Crippen molar-refractivity contribution >= 4 is 16.7 Å². The number of hydrogen-bond acceptors (Lipinski definition) is 6. The molecule has 2 aliphatic heterocycles. The van der Waals surface area contributed by atoms with Crippen molar-refractivity contribution in [1.82, 2.24) is 15.0 Å². The summed E-state index contributed by atoms with van der Waals surface area (Å²) in [4.78, 5) is 13.7. The number of rotatable bonds is 4. The molecule has 0 saturated carbocycles. The second-order valence-electron chi connectivity index (χ2n) is 9.45. The fraction of sp³-hybridized carbons (Fsp3) is 0.440. The van der Waals surface area contributed by atoms with E-state index in [1.165, 1.54) is 10.8 Å². The van der Waals surface area contributed by atoms with E-state index in [4.69, 9.17) is 14.4 Å². The van der Waals surface area contributed by atoms with Crippen LogP contribution in [0, 0.1) is 11.3 Å². The molecule has 5 rings (SSSR count). The quantitative estimate of drug-likeness (QED) is 0.573. The molecule has 0 radical (unpaired) electrons. The van der Waals surface area contributed by atoms with Crippen LogP contribution in [0.2, 0.25) is 0 Å². The van der Waals surface area contributed by atoms with Crippen molar-refractivity contribution in [2.24, 2.45) is 11.3 Å². The number of aliphatic carboxylic acids is 1. The molecule has 0 amide bonds. The van der Waals surface area contributed by atoms with Crippen LogP contribution in [0.5, 0.6) is 0 Å². The van der Waals surface area contributed by atoms with E-state index in [-0.39, 0.29) is 6.61 Å². The highest BCUT2D eigenvalue weighted by Gasteiger charge is 2.49. The Morgan fingerprint density at radius 2 is 1.86 bits per heavy atom. The van der Waals surface area contributed by atoms with Crippen molar-refractivity contribution in [2.75, 3.05) is 39.8 Å². The van der Waals surface area contributed by atoms with Crippen molar-refractivity contribution < 1.29 is 32.7 Å². The number of fused-ring (bicyclic) bond motifs is 1. The lowest BCUT2D eigenvalue weighted by Crippen LogP contribution is -2.64. The Morgan fingerprint density at radius 3 is 2.49 bits per heavy atom. The van der Waals surface area contributed by atoms with E-state index in [0.717, 1.165) is 56.2 Å². The van der Waals surface area contributed by atoms with Crippen LogP contribution in [-0.4, -0.2) is 77.1 Å². The van der Waals surface area contributed by atoms with Gasteiger partial charge in [-0.1, -0.05) is 41.6 Å². The molecule has 1 atom stereocenters. The number of hydrogen-bond donors (Lipinski definition) is 2. The minimum atomic E-state index is -5.08. The van der Waals surface area contributed by atoms with Crippen molar-refractivity contribution in [3.63, 3.8) is 0 Å². The number of aliphatic hydroxyl groups excluding tert-OH is 1. The summed E-state index contributed by atoms with van der Waals surface area (Å²) >= 11 is 0. The molecular formula is C25H28F3N3O4. The lowest BCUT2D eigenvalue weighted by Gasteiger charge is -2.57. The summed E-state index contributed by atoms with van der Waals surface area (Å²) in [5.41, 5.74) is 2.34. The summed E-state index contributed by atoms with van der Waals surface area (Å²) in [6, 6.07) is 16.8. The largest absolute Gasteiger partial charge is 0.490 e. The van der Waals surface area contributed by atoms with Crippen molar-refractivity contribution in [2.45, 2.75) is 19.1 Å². The Kier molecular flexibility index (Phi) is 7.16. The summed E-state index contributed by atoms with van der Waals surface area (Å²) in [5, 5.41) is 23.8. The van der Waals surface area contributed by atoms with Crippen LogP contribution in [0.4, 0.5) is 13.2 Å². The highest BCUT2D eigenvalue weighted by Crippen LogP contribution is 2.43. The molecule has 7 nitrogen and oxygen atoms in total. The first kappa shape index (κ1) is 25.2. The van der Waals surface area contributed by atoms with Crippen LogP contribution in [0.1, 0.15) is 12.1 Å². The van der Waals surface area contributed by atoms with Gasteiger partial charge in [0.15, 0.2) is 5.76 Å². The van der Waals surface area contributed by atoms with E-state index in [9.17, 15) is 18.3 Å². The third-order valence-corrected chi connectivity index (χ3v) is 6.88. The van der Waals surface area contributed by atoms with Gasteiger partial charge in [0.2, 0.25) is 0 Å². The second-order valence-corrected chi connectivity index (χ2v) is 9.45. The number of likely N-dealkylation sites (tertiary alicyclic amines) is 2. The van der Waals surface area contributed by atoms with E-state index >= 15 is 0 Å². The predicted octanol–water partition coefficient (Wildman–Crippen LogP) is 3.87. The normalized spacial score (nSPS) is 20.3. The van der Waals surface area contributed by atoms with Gasteiger partial charge in [-0.25, -0.2) is 4.79 Å². The molecule has 1 spiro atoms. The molecule has 0 bridgehead atoms. The van der Waals surface area contributed by atoms with Gasteiger partial charge in [0.25, 0.3) is 0 Å². The lowest BCUT2D eigenvalue weighted by molar-refractivity contribution is -0.192. The molecule has 188 valence electrons. The first-order valence-corrected chi connectivity index (χ1v) is 11.4. The molecular weight excluding hydrogens is 463 g/mol.